The van der Waals surface area contributed by atoms with Crippen molar-refractivity contribution >= 4 is 0 Å². The SMILES string of the molecule is CC(CCC(C#N)(c1ccccc1F)C(C)C)N(C)Cc1ccccc1. The first-order valence-corrected chi connectivity index (χ1v) is 9.31. The van der Waals surface area contributed by atoms with Crippen LogP contribution in [0.4, 0.5) is 4.39 Å². The molecule has 0 spiro atoms. The number of benzene rings is 2. The molecule has 3 heteroatoms. The molecule has 2 unspecified atom stereocenters. The second-order valence-electron chi connectivity index (χ2n) is 7.51. The molecule has 0 aromatic heterocycles. The third-order valence-corrected chi connectivity index (χ3v) is 5.52. The standard InChI is InChI=1S/C23H29FN2/c1-18(2)23(17-25,21-12-8-9-13-22(21)24)15-14-19(3)26(4)16-20-10-6-5-7-11-20/h5-13,18-19H,14-16H2,1-4H3. The minimum atomic E-state index is -0.798. The molecule has 0 radical (unpaired) electrons. The van der Waals surface area contributed by atoms with Gasteiger partial charge in [-0.25, -0.2) is 4.39 Å². The first kappa shape index (κ1) is 20.1. The monoisotopic (exact) mass is 352 g/mol. The predicted octanol–water partition coefficient (Wildman–Crippen LogP) is 5.54. The molecule has 0 fully saturated rings. The average Bonchev–Trinajstić information content (AvgIpc) is 2.64. The molecule has 0 bridgehead atoms. The molecule has 0 heterocycles. The zero-order valence-corrected chi connectivity index (χ0v) is 16.2. The highest BCUT2D eigenvalue weighted by Gasteiger charge is 2.38. The number of rotatable bonds is 8. The van der Waals surface area contributed by atoms with Gasteiger partial charge in [-0.15, -0.1) is 0 Å². The lowest BCUT2D eigenvalue weighted by molar-refractivity contribution is 0.215. The average molecular weight is 352 g/mol. The van der Waals surface area contributed by atoms with E-state index in [0.29, 0.717) is 18.0 Å². The molecule has 138 valence electrons. The third kappa shape index (κ3) is 4.51. The van der Waals surface area contributed by atoms with Gasteiger partial charge in [0.2, 0.25) is 0 Å². The van der Waals surface area contributed by atoms with Gasteiger partial charge in [0, 0.05) is 18.2 Å². The van der Waals surface area contributed by atoms with Crippen molar-refractivity contribution in [2.45, 2.75) is 51.6 Å². The maximum atomic E-state index is 14.4. The minimum absolute atomic E-state index is 0.0380. The van der Waals surface area contributed by atoms with Gasteiger partial charge in [-0.3, -0.25) is 4.90 Å². The molecule has 2 nitrogen and oxygen atoms in total. The summed E-state index contributed by atoms with van der Waals surface area (Å²) in [6.45, 7) is 7.05. The molecule has 0 saturated heterocycles. The minimum Gasteiger partial charge on any atom is -0.299 e. The summed E-state index contributed by atoms with van der Waals surface area (Å²) in [6.07, 6.45) is 1.48. The van der Waals surface area contributed by atoms with Crippen LogP contribution in [0, 0.1) is 23.1 Å². The lowest BCUT2D eigenvalue weighted by atomic mass is 9.69. The molecule has 0 amide bonds. The van der Waals surface area contributed by atoms with Crippen molar-refractivity contribution in [3.8, 4) is 6.07 Å². The Labute approximate surface area is 157 Å². The fraction of sp³-hybridized carbons (Fsp3) is 0.435. The first-order valence-electron chi connectivity index (χ1n) is 9.31. The molecule has 2 rings (SSSR count). The van der Waals surface area contributed by atoms with Gasteiger partial charge in [-0.2, -0.15) is 5.26 Å². The molecule has 2 aromatic carbocycles. The van der Waals surface area contributed by atoms with Gasteiger partial charge in [0.1, 0.15) is 5.82 Å². The van der Waals surface area contributed by atoms with E-state index in [4.69, 9.17) is 0 Å². The van der Waals surface area contributed by atoms with Crippen LogP contribution < -0.4 is 0 Å². The van der Waals surface area contributed by atoms with E-state index in [-0.39, 0.29) is 11.7 Å². The van der Waals surface area contributed by atoms with Crippen molar-refractivity contribution in [3.05, 3.63) is 71.5 Å². The Morgan fingerprint density at radius 3 is 2.23 bits per heavy atom. The van der Waals surface area contributed by atoms with E-state index in [0.717, 1.165) is 13.0 Å². The molecule has 0 aliphatic carbocycles. The second-order valence-corrected chi connectivity index (χ2v) is 7.51. The van der Waals surface area contributed by atoms with Crippen LogP contribution >= 0.6 is 0 Å². The van der Waals surface area contributed by atoms with Crippen LogP contribution in [0.5, 0.6) is 0 Å². The Balaban J connectivity index is 2.12. The van der Waals surface area contributed by atoms with Crippen molar-refractivity contribution in [1.29, 1.82) is 5.26 Å². The van der Waals surface area contributed by atoms with Gasteiger partial charge in [-0.1, -0.05) is 62.4 Å². The van der Waals surface area contributed by atoms with Crippen molar-refractivity contribution in [2.75, 3.05) is 7.05 Å². The number of halogens is 1. The van der Waals surface area contributed by atoms with E-state index in [1.54, 1.807) is 12.1 Å². The molecule has 0 aliphatic heterocycles. The first-order chi connectivity index (χ1) is 12.4. The summed E-state index contributed by atoms with van der Waals surface area (Å²) < 4.78 is 14.4. The highest BCUT2D eigenvalue weighted by molar-refractivity contribution is 5.34. The highest BCUT2D eigenvalue weighted by atomic mass is 19.1. The summed E-state index contributed by atoms with van der Waals surface area (Å²) in [5, 5.41) is 9.98. The number of hydrogen-bond donors (Lipinski definition) is 0. The normalized spacial score (nSPS) is 14.8. The van der Waals surface area contributed by atoms with Gasteiger partial charge < -0.3 is 0 Å². The van der Waals surface area contributed by atoms with E-state index in [1.165, 1.54) is 11.6 Å². The van der Waals surface area contributed by atoms with Gasteiger partial charge in [0.15, 0.2) is 0 Å². The van der Waals surface area contributed by atoms with E-state index in [1.807, 2.05) is 38.1 Å². The summed E-state index contributed by atoms with van der Waals surface area (Å²) in [5.74, 6) is -0.246. The summed E-state index contributed by atoms with van der Waals surface area (Å²) in [4.78, 5) is 2.29. The lowest BCUT2D eigenvalue weighted by Gasteiger charge is -2.34. The topological polar surface area (TPSA) is 27.0 Å². The van der Waals surface area contributed by atoms with E-state index in [9.17, 15) is 9.65 Å². The third-order valence-electron chi connectivity index (χ3n) is 5.52. The van der Waals surface area contributed by atoms with Crippen LogP contribution in [0.1, 0.15) is 44.7 Å². The largest absolute Gasteiger partial charge is 0.299 e. The highest BCUT2D eigenvalue weighted by Crippen LogP contribution is 2.38. The Morgan fingerprint density at radius 2 is 1.65 bits per heavy atom. The van der Waals surface area contributed by atoms with Crippen LogP contribution in [-0.2, 0) is 12.0 Å². The molecule has 0 saturated carbocycles. The van der Waals surface area contributed by atoms with Crippen molar-refractivity contribution in [3.63, 3.8) is 0 Å². The van der Waals surface area contributed by atoms with Gasteiger partial charge in [0.05, 0.1) is 11.5 Å². The Bertz CT molecular complexity index is 735. The van der Waals surface area contributed by atoms with Crippen molar-refractivity contribution in [1.82, 2.24) is 4.90 Å². The molecule has 2 atom stereocenters. The molecule has 2 aromatic rings. The van der Waals surface area contributed by atoms with E-state index >= 15 is 0 Å². The second kappa shape index (κ2) is 8.96. The maximum absolute atomic E-state index is 14.4. The Morgan fingerprint density at radius 1 is 1.04 bits per heavy atom. The quantitative estimate of drug-likeness (QED) is 0.623. The number of nitrogens with zero attached hydrogens (tertiary/aromatic N) is 2. The van der Waals surface area contributed by atoms with Crippen LogP contribution in [0.3, 0.4) is 0 Å². The van der Waals surface area contributed by atoms with Crippen LogP contribution in [-0.4, -0.2) is 18.0 Å². The van der Waals surface area contributed by atoms with Crippen LogP contribution in [0.2, 0.25) is 0 Å². The molecule has 0 aliphatic rings. The van der Waals surface area contributed by atoms with E-state index < -0.39 is 5.41 Å². The molecule has 0 N–H and O–H groups in total. The number of hydrogen-bond acceptors (Lipinski definition) is 2. The fourth-order valence-corrected chi connectivity index (χ4v) is 3.49. The van der Waals surface area contributed by atoms with Crippen LogP contribution in [0.15, 0.2) is 54.6 Å². The molecular formula is C23H29FN2. The van der Waals surface area contributed by atoms with Crippen molar-refractivity contribution in [2.24, 2.45) is 5.92 Å². The lowest BCUT2D eigenvalue weighted by Crippen LogP contribution is -2.35. The smallest absolute Gasteiger partial charge is 0.128 e. The molecule has 26 heavy (non-hydrogen) atoms. The summed E-state index contributed by atoms with van der Waals surface area (Å²) in [5.41, 5.74) is 0.995. The van der Waals surface area contributed by atoms with Gasteiger partial charge in [0.25, 0.3) is 0 Å². The predicted molar refractivity (Wildman–Crippen MR) is 105 cm³/mol. The van der Waals surface area contributed by atoms with Gasteiger partial charge >= 0.3 is 0 Å². The van der Waals surface area contributed by atoms with Crippen molar-refractivity contribution < 1.29 is 4.39 Å². The Hall–Kier alpha value is -2.18. The van der Waals surface area contributed by atoms with E-state index in [2.05, 4.69) is 37.1 Å². The zero-order valence-electron chi connectivity index (χ0n) is 16.2. The zero-order chi connectivity index (χ0) is 19.2. The fourth-order valence-electron chi connectivity index (χ4n) is 3.49. The molecular weight excluding hydrogens is 323 g/mol. The summed E-state index contributed by atoms with van der Waals surface area (Å²) in [7, 11) is 2.10. The van der Waals surface area contributed by atoms with Crippen LogP contribution in [0.25, 0.3) is 0 Å². The van der Waals surface area contributed by atoms with Gasteiger partial charge in [-0.05, 0) is 44.4 Å². The maximum Gasteiger partial charge on any atom is 0.128 e. The summed E-state index contributed by atoms with van der Waals surface area (Å²) >= 11 is 0. The Kier molecular flexibility index (Phi) is 6.94. The summed E-state index contributed by atoms with van der Waals surface area (Å²) in [6, 6.07) is 19.8. The number of nitriles is 1.